The first kappa shape index (κ1) is 16.0. The molecule has 5 nitrogen and oxygen atoms in total. The molecule has 1 saturated heterocycles. The quantitative estimate of drug-likeness (QED) is 0.906. The van der Waals surface area contributed by atoms with E-state index in [1.54, 1.807) is 17.0 Å². The summed E-state index contributed by atoms with van der Waals surface area (Å²) in [6, 6.07) is 14.3. The lowest BCUT2D eigenvalue weighted by molar-refractivity contribution is -0.118. The van der Waals surface area contributed by atoms with Gasteiger partial charge in [-0.1, -0.05) is 30.3 Å². The number of carbonyl (C=O) groups excluding carboxylic acids is 2. The number of carbonyl (C=O) groups is 2. The Balaban J connectivity index is 1.53. The van der Waals surface area contributed by atoms with Gasteiger partial charge in [0.05, 0.1) is 0 Å². The van der Waals surface area contributed by atoms with E-state index in [2.05, 4.69) is 10.6 Å². The molecular formula is C18H18FN3O2. The Labute approximate surface area is 139 Å². The number of amides is 3. The van der Waals surface area contributed by atoms with Crippen molar-refractivity contribution in [2.24, 2.45) is 0 Å². The third-order valence-electron chi connectivity index (χ3n) is 3.95. The summed E-state index contributed by atoms with van der Waals surface area (Å²) in [5.74, 6) is -0.531. The van der Waals surface area contributed by atoms with E-state index in [-0.39, 0.29) is 17.8 Å². The Morgan fingerprint density at radius 1 is 1.12 bits per heavy atom. The number of halogens is 1. The van der Waals surface area contributed by atoms with Crippen LogP contribution in [0.15, 0.2) is 54.6 Å². The average Bonchev–Trinajstić information content (AvgIpc) is 2.95. The molecule has 0 saturated carbocycles. The topological polar surface area (TPSA) is 61.4 Å². The molecule has 3 rings (SSSR count). The number of nitrogens with zero attached hydrogens (tertiary/aromatic N) is 1. The highest BCUT2D eigenvalue weighted by molar-refractivity contribution is 6.01. The average molecular weight is 327 g/mol. The molecule has 24 heavy (non-hydrogen) atoms. The van der Waals surface area contributed by atoms with Crippen LogP contribution in [0.3, 0.4) is 0 Å². The summed E-state index contributed by atoms with van der Waals surface area (Å²) in [6.45, 7) is 0.892. The highest BCUT2D eigenvalue weighted by Gasteiger charge is 2.33. The lowest BCUT2D eigenvalue weighted by Crippen LogP contribution is -2.45. The van der Waals surface area contributed by atoms with Crippen molar-refractivity contribution in [3.63, 3.8) is 0 Å². The van der Waals surface area contributed by atoms with Crippen molar-refractivity contribution in [1.29, 1.82) is 0 Å². The molecule has 1 heterocycles. The number of benzene rings is 2. The molecule has 3 amide bonds. The van der Waals surface area contributed by atoms with Crippen LogP contribution in [-0.4, -0.2) is 24.5 Å². The van der Waals surface area contributed by atoms with Crippen LogP contribution in [0, 0.1) is 5.82 Å². The first-order valence-corrected chi connectivity index (χ1v) is 7.79. The first-order valence-electron chi connectivity index (χ1n) is 7.79. The monoisotopic (exact) mass is 327 g/mol. The normalized spacial score (nSPS) is 17.0. The van der Waals surface area contributed by atoms with E-state index in [9.17, 15) is 14.0 Å². The van der Waals surface area contributed by atoms with Gasteiger partial charge in [-0.25, -0.2) is 9.18 Å². The van der Waals surface area contributed by atoms with Gasteiger partial charge in [0, 0.05) is 18.8 Å². The molecule has 0 radical (unpaired) electrons. The van der Waals surface area contributed by atoms with E-state index in [1.807, 2.05) is 30.3 Å². The lowest BCUT2D eigenvalue weighted by Gasteiger charge is -2.17. The van der Waals surface area contributed by atoms with Gasteiger partial charge < -0.3 is 15.5 Å². The molecule has 1 aliphatic heterocycles. The molecule has 1 atom stereocenters. The van der Waals surface area contributed by atoms with Crippen molar-refractivity contribution in [3.05, 3.63) is 66.0 Å². The second-order valence-electron chi connectivity index (χ2n) is 5.62. The van der Waals surface area contributed by atoms with Crippen molar-refractivity contribution in [2.45, 2.75) is 19.0 Å². The fraction of sp³-hybridized carbons (Fsp3) is 0.222. The largest absolute Gasteiger partial charge is 0.334 e. The Hall–Kier alpha value is -2.89. The molecule has 124 valence electrons. The van der Waals surface area contributed by atoms with E-state index in [0.717, 1.165) is 5.56 Å². The highest BCUT2D eigenvalue weighted by Crippen LogP contribution is 2.21. The smallest absolute Gasteiger partial charge is 0.315 e. The zero-order valence-corrected chi connectivity index (χ0v) is 13.0. The third kappa shape index (κ3) is 3.71. The maximum absolute atomic E-state index is 13.0. The summed E-state index contributed by atoms with van der Waals surface area (Å²) in [6.07, 6.45) is 0.523. The summed E-state index contributed by atoms with van der Waals surface area (Å²) in [5.41, 5.74) is 1.62. The van der Waals surface area contributed by atoms with Crippen LogP contribution in [0.25, 0.3) is 0 Å². The third-order valence-corrected chi connectivity index (χ3v) is 3.95. The van der Waals surface area contributed by atoms with Gasteiger partial charge in [-0.3, -0.25) is 4.79 Å². The van der Waals surface area contributed by atoms with Gasteiger partial charge in [0.1, 0.15) is 11.9 Å². The number of hydrogen-bond acceptors (Lipinski definition) is 2. The van der Waals surface area contributed by atoms with Crippen LogP contribution in [0.2, 0.25) is 0 Å². The van der Waals surface area contributed by atoms with Crippen LogP contribution in [-0.2, 0) is 11.3 Å². The number of urea groups is 1. The minimum absolute atomic E-state index is 0.184. The molecule has 0 aromatic heterocycles. The fourth-order valence-electron chi connectivity index (χ4n) is 2.68. The SMILES string of the molecule is O=C(NCc1ccccc1)NC1CCN(c2ccc(F)cc2)C1=O. The molecule has 1 fully saturated rings. The maximum atomic E-state index is 13.0. The van der Waals surface area contributed by atoms with Crippen molar-refractivity contribution in [1.82, 2.24) is 10.6 Å². The van der Waals surface area contributed by atoms with Crippen LogP contribution in [0.4, 0.5) is 14.9 Å². The molecule has 0 bridgehead atoms. The second kappa shape index (κ2) is 7.12. The first-order chi connectivity index (χ1) is 11.6. The Morgan fingerprint density at radius 2 is 1.83 bits per heavy atom. The summed E-state index contributed by atoms with van der Waals surface area (Å²) in [5, 5.41) is 5.43. The predicted octanol–water partition coefficient (Wildman–Crippen LogP) is 2.43. The zero-order chi connectivity index (χ0) is 16.9. The molecule has 2 aromatic rings. The molecule has 1 aliphatic rings. The predicted molar refractivity (Wildman–Crippen MR) is 89.0 cm³/mol. The van der Waals surface area contributed by atoms with Gasteiger partial charge >= 0.3 is 6.03 Å². The molecule has 0 spiro atoms. The van der Waals surface area contributed by atoms with Crippen molar-refractivity contribution in [3.8, 4) is 0 Å². The highest BCUT2D eigenvalue weighted by atomic mass is 19.1. The van der Waals surface area contributed by atoms with Crippen LogP contribution < -0.4 is 15.5 Å². The number of rotatable bonds is 4. The summed E-state index contributed by atoms with van der Waals surface area (Å²) in [4.78, 5) is 25.9. The van der Waals surface area contributed by atoms with Crippen molar-refractivity contribution in [2.75, 3.05) is 11.4 Å². The standard InChI is InChI=1S/C18H18FN3O2/c19-14-6-8-15(9-7-14)22-11-10-16(17(22)23)21-18(24)20-12-13-4-2-1-3-5-13/h1-9,16H,10-12H2,(H2,20,21,24). The number of hydrogen-bond donors (Lipinski definition) is 2. The number of nitrogens with one attached hydrogen (secondary N) is 2. The Bertz CT molecular complexity index is 719. The van der Waals surface area contributed by atoms with Crippen LogP contribution >= 0.6 is 0 Å². The summed E-state index contributed by atoms with van der Waals surface area (Å²) in [7, 11) is 0. The second-order valence-corrected chi connectivity index (χ2v) is 5.62. The van der Waals surface area contributed by atoms with E-state index in [4.69, 9.17) is 0 Å². The van der Waals surface area contributed by atoms with Gasteiger partial charge in [0.25, 0.3) is 0 Å². The fourth-order valence-corrected chi connectivity index (χ4v) is 2.68. The van der Waals surface area contributed by atoms with Crippen LogP contribution in [0.1, 0.15) is 12.0 Å². The Kier molecular flexibility index (Phi) is 4.74. The van der Waals surface area contributed by atoms with E-state index in [0.29, 0.717) is 25.2 Å². The molecular weight excluding hydrogens is 309 g/mol. The van der Waals surface area contributed by atoms with Gasteiger partial charge in [-0.15, -0.1) is 0 Å². The Morgan fingerprint density at radius 3 is 2.54 bits per heavy atom. The molecule has 6 heteroatoms. The summed E-state index contributed by atoms with van der Waals surface area (Å²) < 4.78 is 13.0. The van der Waals surface area contributed by atoms with E-state index < -0.39 is 6.04 Å². The van der Waals surface area contributed by atoms with E-state index >= 15 is 0 Å². The van der Waals surface area contributed by atoms with Gasteiger partial charge in [-0.2, -0.15) is 0 Å². The molecule has 1 unspecified atom stereocenters. The minimum Gasteiger partial charge on any atom is -0.334 e. The van der Waals surface area contributed by atoms with Crippen molar-refractivity contribution < 1.29 is 14.0 Å². The van der Waals surface area contributed by atoms with Gasteiger partial charge in [-0.05, 0) is 36.2 Å². The van der Waals surface area contributed by atoms with E-state index in [1.165, 1.54) is 12.1 Å². The van der Waals surface area contributed by atoms with Crippen LogP contribution in [0.5, 0.6) is 0 Å². The molecule has 0 aliphatic carbocycles. The maximum Gasteiger partial charge on any atom is 0.315 e. The summed E-state index contributed by atoms with van der Waals surface area (Å²) >= 11 is 0. The number of anilines is 1. The zero-order valence-electron chi connectivity index (χ0n) is 13.0. The lowest BCUT2D eigenvalue weighted by atomic mass is 10.2. The molecule has 2 N–H and O–H groups in total. The van der Waals surface area contributed by atoms with Crippen molar-refractivity contribution >= 4 is 17.6 Å². The minimum atomic E-state index is -0.564. The van der Waals surface area contributed by atoms with Gasteiger partial charge in [0.2, 0.25) is 5.91 Å². The molecule has 2 aromatic carbocycles. The van der Waals surface area contributed by atoms with Gasteiger partial charge in [0.15, 0.2) is 0 Å².